The number of halogens is 1. The Morgan fingerprint density at radius 1 is 1.33 bits per heavy atom. The molecule has 15 heavy (non-hydrogen) atoms. The molecule has 0 amide bonds. The first-order valence-electron chi connectivity index (χ1n) is 5.07. The van der Waals surface area contributed by atoms with Crippen LogP contribution in [0, 0.1) is 12.7 Å². The second kappa shape index (κ2) is 4.06. The highest BCUT2D eigenvalue weighted by atomic mass is 19.1. The maximum atomic E-state index is 13.7. The lowest BCUT2D eigenvalue weighted by atomic mass is 10.1. The Hall–Kier alpha value is -1.29. The Bertz CT molecular complexity index is 362. The van der Waals surface area contributed by atoms with E-state index in [0.29, 0.717) is 24.6 Å². The molecule has 82 valence electrons. The van der Waals surface area contributed by atoms with Gasteiger partial charge < -0.3 is 15.4 Å². The molecule has 0 aromatic heterocycles. The first-order valence-corrected chi connectivity index (χ1v) is 5.07. The quantitative estimate of drug-likeness (QED) is 0.715. The van der Waals surface area contributed by atoms with E-state index in [1.54, 1.807) is 6.07 Å². The average Bonchev–Trinajstić information content (AvgIpc) is 2.25. The smallest absolute Gasteiger partial charge is 0.148 e. The summed E-state index contributed by atoms with van der Waals surface area (Å²) in [6.45, 7) is 4.67. The van der Waals surface area contributed by atoms with Crippen molar-refractivity contribution in [3.05, 3.63) is 23.5 Å². The highest BCUT2D eigenvalue weighted by Crippen LogP contribution is 2.25. The molecule has 2 rings (SSSR count). The summed E-state index contributed by atoms with van der Waals surface area (Å²) in [5.41, 5.74) is 7.68. The van der Waals surface area contributed by atoms with Gasteiger partial charge in [0, 0.05) is 18.8 Å². The van der Waals surface area contributed by atoms with Crippen molar-refractivity contribution in [2.75, 3.05) is 36.9 Å². The summed E-state index contributed by atoms with van der Waals surface area (Å²) in [7, 11) is 0. The van der Waals surface area contributed by atoms with Crippen LogP contribution in [0.4, 0.5) is 15.8 Å². The largest absolute Gasteiger partial charge is 0.398 e. The van der Waals surface area contributed by atoms with Crippen LogP contribution in [0.3, 0.4) is 0 Å². The molecule has 0 saturated carbocycles. The number of nitrogens with two attached hydrogens (primary N) is 1. The zero-order valence-electron chi connectivity index (χ0n) is 8.79. The maximum Gasteiger partial charge on any atom is 0.148 e. The molecular weight excluding hydrogens is 195 g/mol. The van der Waals surface area contributed by atoms with Gasteiger partial charge in [0.25, 0.3) is 0 Å². The second-order valence-corrected chi connectivity index (χ2v) is 3.76. The molecule has 0 aliphatic carbocycles. The van der Waals surface area contributed by atoms with Crippen LogP contribution in [-0.2, 0) is 4.74 Å². The number of hydrogen-bond acceptors (Lipinski definition) is 3. The first-order chi connectivity index (χ1) is 7.18. The Morgan fingerprint density at radius 3 is 2.67 bits per heavy atom. The third-order valence-electron chi connectivity index (χ3n) is 2.69. The van der Waals surface area contributed by atoms with E-state index >= 15 is 0 Å². The standard InChI is InChI=1S/C11H15FN2O/c1-8-6-11(9(12)7-10(8)13)14-2-4-15-5-3-14/h6-7H,2-5,13H2,1H3. The van der Waals surface area contributed by atoms with E-state index in [2.05, 4.69) is 0 Å². The van der Waals surface area contributed by atoms with Gasteiger partial charge in [-0.3, -0.25) is 0 Å². The average molecular weight is 210 g/mol. The lowest BCUT2D eigenvalue weighted by Gasteiger charge is -2.29. The summed E-state index contributed by atoms with van der Waals surface area (Å²) >= 11 is 0. The summed E-state index contributed by atoms with van der Waals surface area (Å²) in [5.74, 6) is -0.250. The number of morpholine rings is 1. The Morgan fingerprint density at radius 2 is 2.00 bits per heavy atom. The van der Waals surface area contributed by atoms with Crippen LogP contribution in [0.1, 0.15) is 5.56 Å². The van der Waals surface area contributed by atoms with Crippen molar-refractivity contribution < 1.29 is 9.13 Å². The Balaban J connectivity index is 2.30. The molecule has 3 nitrogen and oxygen atoms in total. The molecule has 0 bridgehead atoms. The van der Waals surface area contributed by atoms with E-state index in [-0.39, 0.29) is 5.82 Å². The third-order valence-corrected chi connectivity index (χ3v) is 2.69. The monoisotopic (exact) mass is 210 g/mol. The second-order valence-electron chi connectivity index (χ2n) is 3.76. The molecule has 4 heteroatoms. The molecule has 0 unspecified atom stereocenters. The number of aryl methyl sites for hydroxylation is 1. The predicted octanol–water partition coefficient (Wildman–Crippen LogP) is 1.55. The molecule has 0 atom stereocenters. The van der Waals surface area contributed by atoms with Crippen LogP contribution in [0.2, 0.25) is 0 Å². The minimum Gasteiger partial charge on any atom is -0.398 e. The van der Waals surface area contributed by atoms with Gasteiger partial charge in [-0.1, -0.05) is 0 Å². The Kier molecular flexibility index (Phi) is 2.77. The van der Waals surface area contributed by atoms with Gasteiger partial charge in [-0.2, -0.15) is 0 Å². The molecule has 0 radical (unpaired) electrons. The number of nitrogen functional groups attached to an aromatic ring is 1. The summed E-state index contributed by atoms with van der Waals surface area (Å²) < 4.78 is 18.9. The van der Waals surface area contributed by atoms with Crippen LogP contribution >= 0.6 is 0 Å². The van der Waals surface area contributed by atoms with Gasteiger partial charge in [-0.05, 0) is 24.6 Å². The van der Waals surface area contributed by atoms with Crippen LogP contribution in [0.15, 0.2) is 12.1 Å². The van der Waals surface area contributed by atoms with Gasteiger partial charge in [-0.15, -0.1) is 0 Å². The van der Waals surface area contributed by atoms with Gasteiger partial charge in [-0.25, -0.2) is 4.39 Å². The van der Waals surface area contributed by atoms with Crippen LogP contribution in [-0.4, -0.2) is 26.3 Å². The van der Waals surface area contributed by atoms with Crippen LogP contribution < -0.4 is 10.6 Å². The van der Waals surface area contributed by atoms with E-state index in [1.807, 2.05) is 11.8 Å². The highest BCUT2D eigenvalue weighted by molar-refractivity contribution is 5.59. The van der Waals surface area contributed by atoms with Gasteiger partial charge in [0.05, 0.1) is 18.9 Å². The van der Waals surface area contributed by atoms with Crippen LogP contribution in [0.5, 0.6) is 0 Å². The number of hydrogen-bond donors (Lipinski definition) is 1. The van der Waals surface area contributed by atoms with Gasteiger partial charge in [0.2, 0.25) is 0 Å². The van der Waals surface area contributed by atoms with Crippen LogP contribution in [0.25, 0.3) is 0 Å². The zero-order valence-corrected chi connectivity index (χ0v) is 8.79. The number of rotatable bonds is 1. The molecule has 2 N–H and O–H groups in total. The summed E-state index contributed by atoms with van der Waals surface area (Å²) in [6, 6.07) is 3.19. The number of nitrogens with zero attached hydrogens (tertiary/aromatic N) is 1. The molecular formula is C11H15FN2O. The lowest BCUT2D eigenvalue weighted by Crippen LogP contribution is -2.36. The molecule has 1 saturated heterocycles. The van der Waals surface area contributed by atoms with E-state index < -0.39 is 0 Å². The van der Waals surface area contributed by atoms with Crippen molar-refractivity contribution >= 4 is 11.4 Å². The van der Waals surface area contributed by atoms with E-state index in [1.165, 1.54) is 6.07 Å². The molecule has 1 heterocycles. The lowest BCUT2D eigenvalue weighted by molar-refractivity contribution is 0.122. The van der Waals surface area contributed by atoms with Crippen molar-refractivity contribution in [1.29, 1.82) is 0 Å². The number of anilines is 2. The van der Waals surface area contributed by atoms with E-state index in [4.69, 9.17) is 10.5 Å². The summed E-state index contributed by atoms with van der Waals surface area (Å²) in [6.07, 6.45) is 0. The van der Waals surface area contributed by atoms with Gasteiger partial charge >= 0.3 is 0 Å². The zero-order chi connectivity index (χ0) is 10.8. The third kappa shape index (κ3) is 2.04. The number of ether oxygens (including phenoxy) is 1. The van der Waals surface area contributed by atoms with E-state index in [9.17, 15) is 4.39 Å². The molecule has 0 spiro atoms. The summed E-state index contributed by atoms with van der Waals surface area (Å²) in [4.78, 5) is 1.99. The predicted molar refractivity (Wildman–Crippen MR) is 58.6 cm³/mol. The molecule has 1 aliphatic rings. The SMILES string of the molecule is Cc1cc(N2CCOCC2)c(F)cc1N. The fraction of sp³-hybridized carbons (Fsp3) is 0.455. The molecule has 1 aromatic rings. The van der Waals surface area contributed by atoms with Gasteiger partial charge in [0.15, 0.2) is 0 Å². The van der Waals surface area contributed by atoms with Crippen molar-refractivity contribution in [2.24, 2.45) is 0 Å². The molecule has 1 aliphatic heterocycles. The van der Waals surface area contributed by atoms with Crippen molar-refractivity contribution in [1.82, 2.24) is 0 Å². The molecule has 1 aromatic carbocycles. The minimum absolute atomic E-state index is 0.250. The fourth-order valence-electron chi connectivity index (χ4n) is 1.73. The summed E-state index contributed by atoms with van der Waals surface area (Å²) in [5, 5.41) is 0. The van der Waals surface area contributed by atoms with Crippen molar-refractivity contribution in [3.63, 3.8) is 0 Å². The Labute approximate surface area is 88.6 Å². The normalized spacial score (nSPS) is 16.8. The first kappa shape index (κ1) is 10.2. The van der Waals surface area contributed by atoms with Crippen molar-refractivity contribution in [2.45, 2.75) is 6.92 Å². The molecule has 1 fully saturated rings. The maximum absolute atomic E-state index is 13.7. The fourth-order valence-corrected chi connectivity index (χ4v) is 1.73. The van der Waals surface area contributed by atoms with Gasteiger partial charge in [0.1, 0.15) is 5.82 Å². The van der Waals surface area contributed by atoms with Crippen molar-refractivity contribution in [3.8, 4) is 0 Å². The van der Waals surface area contributed by atoms with E-state index in [0.717, 1.165) is 18.7 Å². The number of benzene rings is 1. The minimum atomic E-state index is -0.250. The highest BCUT2D eigenvalue weighted by Gasteiger charge is 2.15. The topological polar surface area (TPSA) is 38.5 Å².